The second-order valence-electron chi connectivity index (χ2n) is 5.92. The van der Waals surface area contributed by atoms with E-state index in [0.29, 0.717) is 5.75 Å². The fourth-order valence-corrected chi connectivity index (χ4v) is 2.95. The van der Waals surface area contributed by atoms with E-state index >= 15 is 0 Å². The molecular formula is C19H23N3O. The molecule has 0 saturated carbocycles. The molecule has 4 nitrogen and oxygen atoms in total. The predicted molar refractivity (Wildman–Crippen MR) is 93.2 cm³/mol. The molecule has 0 aliphatic heterocycles. The molecular weight excluding hydrogens is 286 g/mol. The summed E-state index contributed by atoms with van der Waals surface area (Å²) in [5, 5.41) is 10.0. The Morgan fingerprint density at radius 2 is 1.78 bits per heavy atom. The summed E-state index contributed by atoms with van der Waals surface area (Å²) in [4.78, 5) is 7.09. The van der Waals surface area contributed by atoms with Crippen molar-refractivity contribution in [2.75, 3.05) is 6.54 Å². The Morgan fingerprint density at radius 3 is 2.52 bits per heavy atom. The first-order valence-corrected chi connectivity index (χ1v) is 8.08. The fraction of sp³-hybridized carbons (Fsp3) is 0.316. The number of aromatic hydroxyl groups is 1. The van der Waals surface area contributed by atoms with Crippen molar-refractivity contribution < 1.29 is 5.11 Å². The van der Waals surface area contributed by atoms with E-state index in [1.807, 2.05) is 36.4 Å². The average molecular weight is 309 g/mol. The number of imidazole rings is 1. The van der Waals surface area contributed by atoms with Crippen LogP contribution in [0.25, 0.3) is 11.0 Å². The Hall–Kier alpha value is -2.33. The van der Waals surface area contributed by atoms with Gasteiger partial charge in [0.15, 0.2) is 0 Å². The molecule has 0 unspecified atom stereocenters. The molecule has 23 heavy (non-hydrogen) atoms. The molecule has 120 valence electrons. The number of phenolic OH excluding ortho intramolecular Hbond substituents is 1. The summed E-state index contributed by atoms with van der Waals surface area (Å²) >= 11 is 0. The van der Waals surface area contributed by atoms with Crippen molar-refractivity contribution in [3.8, 4) is 5.75 Å². The Bertz CT molecular complexity index is 794. The first-order valence-electron chi connectivity index (χ1n) is 8.08. The fourth-order valence-electron chi connectivity index (χ4n) is 2.95. The minimum atomic E-state index is 0.360. The zero-order chi connectivity index (χ0) is 16.2. The lowest BCUT2D eigenvalue weighted by Gasteiger charge is -2.22. The predicted octanol–water partition coefficient (Wildman–Crippen LogP) is 3.69. The van der Waals surface area contributed by atoms with E-state index in [2.05, 4.69) is 29.5 Å². The largest absolute Gasteiger partial charge is 0.508 e. The summed E-state index contributed by atoms with van der Waals surface area (Å²) in [5.41, 5.74) is 3.14. The van der Waals surface area contributed by atoms with E-state index in [-0.39, 0.29) is 0 Å². The Balaban J connectivity index is 1.84. The Kier molecular flexibility index (Phi) is 4.63. The minimum Gasteiger partial charge on any atom is -0.508 e. The third kappa shape index (κ3) is 3.37. The smallest absolute Gasteiger partial charge is 0.123 e. The van der Waals surface area contributed by atoms with Crippen molar-refractivity contribution in [1.29, 1.82) is 0 Å². The van der Waals surface area contributed by atoms with Crippen LogP contribution in [0.5, 0.6) is 5.75 Å². The summed E-state index contributed by atoms with van der Waals surface area (Å²) in [6.45, 7) is 4.64. The lowest BCUT2D eigenvalue weighted by atomic mass is 10.2. The van der Waals surface area contributed by atoms with Gasteiger partial charge in [0.25, 0.3) is 0 Å². The van der Waals surface area contributed by atoms with Crippen molar-refractivity contribution in [3.05, 3.63) is 59.9 Å². The highest BCUT2D eigenvalue weighted by atomic mass is 16.3. The molecule has 1 N–H and O–H groups in total. The van der Waals surface area contributed by atoms with Crippen LogP contribution in [0, 0.1) is 0 Å². The van der Waals surface area contributed by atoms with Crippen LogP contribution in [0.3, 0.4) is 0 Å². The lowest BCUT2D eigenvalue weighted by Crippen LogP contribution is -2.25. The molecule has 0 atom stereocenters. The van der Waals surface area contributed by atoms with E-state index in [1.165, 1.54) is 0 Å². The maximum absolute atomic E-state index is 10.0. The minimum absolute atomic E-state index is 0.360. The van der Waals surface area contributed by atoms with Gasteiger partial charge in [-0.15, -0.1) is 0 Å². The van der Waals surface area contributed by atoms with E-state index in [1.54, 1.807) is 6.07 Å². The van der Waals surface area contributed by atoms with Crippen LogP contribution in [-0.4, -0.2) is 26.1 Å². The van der Waals surface area contributed by atoms with Crippen LogP contribution in [0.15, 0.2) is 48.5 Å². The molecule has 4 heteroatoms. The molecule has 1 heterocycles. The molecule has 0 spiro atoms. The van der Waals surface area contributed by atoms with Crippen molar-refractivity contribution in [3.63, 3.8) is 0 Å². The normalized spacial score (nSPS) is 11.4. The Morgan fingerprint density at radius 1 is 1.04 bits per heavy atom. The number of rotatable bonds is 6. The molecule has 1 aromatic heterocycles. The van der Waals surface area contributed by atoms with E-state index in [9.17, 15) is 5.11 Å². The van der Waals surface area contributed by atoms with Crippen LogP contribution >= 0.6 is 0 Å². The number of fused-ring (bicyclic) bond motifs is 1. The van der Waals surface area contributed by atoms with Crippen LogP contribution in [-0.2, 0) is 20.1 Å². The van der Waals surface area contributed by atoms with Crippen LogP contribution in [0.2, 0.25) is 0 Å². The van der Waals surface area contributed by atoms with Crippen molar-refractivity contribution in [2.24, 2.45) is 7.05 Å². The van der Waals surface area contributed by atoms with Crippen LogP contribution in [0.1, 0.15) is 24.7 Å². The number of benzene rings is 2. The molecule has 0 radical (unpaired) electrons. The molecule has 3 aromatic rings. The van der Waals surface area contributed by atoms with Gasteiger partial charge in [0.1, 0.15) is 11.6 Å². The third-order valence-electron chi connectivity index (χ3n) is 4.17. The molecule has 0 amide bonds. The van der Waals surface area contributed by atoms with Crippen molar-refractivity contribution in [1.82, 2.24) is 14.5 Å². The summed E-state index contributed by atoms with van der Waals surface area (Å²) in [5.74, 6) is 1.41. The van der Waals surface area contributed by atoms with Gasteiger partial charge in [-0.3, -0.25) is 4.90 Å². The molecule has 3 rings (SSSR count). The number of aryl methyl sites for hydroxylation is 1. The van der Waals surface area contributed by atoms with E-state index in [0.717, 1.165) is 48.5 Å². The van der Waals surface area contributed by atoms with Crippen molar-refractivity contribution >= 4 is 11.0 Å². The van der Waals surface area contributed by atoms with Gasteiger partial charge in [0.2, 0.25) is 0 Å². The highest BCUT2D eigenvalue weighted by Gasteiger charge is 2.13. The van der Waals surface area contributed by atoms with E-state index in [4.69, 9.17) is 4.98 Å². The topological polar surface area (TPSA) is 41.3 Å². The number of phenols is 1. The maximum Gasteiger partial charge on any atom is 0.123 e. The van der Waals surface area contributed by atoms with Gasteiger partial charge in [-0.1, -0.05) is 37.3 Å². The number of hydrogen-bond acceptors (Lipinski definition) is 3. The summed E-state index contributed by atoms with van der Waals surface area (Å²) in [7, 11) is 2.06. The third-order valence-corrected chi connectivity index (χ3v) is 4.17. The van der Waals surface area contributed by atoms with Gasteiger partial charge >= 0.3 is 0 Å². The average Bonchev–Trinajstić information content (AvgIpc) is 2.86. The highest BCUT2D eigenvalue weighted by molar-refractivity contribution is 5.75. The number of nitrogens with zero attached hydrogens (tertiary/aromatic N) is 3. The van der Waals surface area contributed by atoms with E-state index < -0.39 is 0 Å². The van der Waals surface area contributed by atoms with Gasteiger partial charge in [0.05, 0.1) is 17.6 Å². The summed E-state index contributed by atoms with van der Waals surface area (Å²) < 4.78 is 2.16. The first-order chi connectivity index (χ1) is 11.2. The van der Waals surface area contributed by atoms with Crippen LogP contribution < -0.4 is 0 Å². The second-order valence-corrected chi connectivity index (χ2v) is 5.92. The van der Waals surface area contributed by atoms with Crippen molar-refractivity contribution in [2.45, 2.75) is 26.4 Å². The molecule has 0 aliphatic carbocycles. The molecule has 0 bridgehead atoms. The molecule has 0 aliphatic rings. The number of hydrogen-bond donors (Lipinski definition) is 1. The molecule has 0 fully saturated rings. The van der Waals surface area contributed by atoms with Gasteiger partial charge in [-0.05, 0) is 31.2 Å². The van der Waals surface area contributed by atoms with Crippen LogP contribution in [0.4, 0.5) is 0 Å². The number of aromatic nitrogens is 2. The van der Waals surface area contributed by atoms with Gasteiger partial charge in [-0.25, -0.2) is 4.98 Å². The SMILES string of the molecule is CCCN(Cc1ccccc1O)Cc1nc2ccccc2n1C. The monoisotopic (exact) mass is 309 g/mol. The van der Waals surface area contributed by atoms with Gasteiger partial charge in [-0.2, -0.15) is 0 Å². The quantitative estimate of drug-likeness (QED) is 0.755. The lowest BCUT2D eigenvalue weighted by molar-refractivity contribution is 0.245. The zero-order valence-electron chi connectivity index (χ0n) is 13.7. The highest BCUT2D eigenvalue weighted by Crippen LogP contribution is 2.20. The summed E-state index contributed by atoms with van der Waals surface area (Å²) in [6.07, 6.45) is 1.07. The standard InChI is InChI=1S/C19H23N3O/c1-3-12-22(13-15-8-4-7-11-18(15)23)14-19-20-16-9-5-6-10-17(16)21(19)2/h4-11,23H,3,12-14H2,1-2H3. The molecule has 2 aromatic carbocycles. The first kappa shape index (κ1) is 15.6. The number of para-hydroxylation sites is 3. The molecule has 0 saturated heterocycles. The zero-order valence-corrected chi connectivity index (χ0v) is 13.7. The summed E-state index contributed by atoms with van der Waals surface area (Å²) in [6, 6.07) is 15.7. The second kappa shape index (κ2) is 6.84. The van der Waals surface area contributed by atoms with Gasteiger partial charge in [0, 0.05) is 19.2 Å². The maximum atomic E-state index is 10.0. The Labute approximate surface area is 137 Å². The van der Waals surface area contributed by atoms with Gasteiger partial charge < -0.3 is 9.67 Å².